The molecule has 3 heteroatoms. The molecule has 88 valence electrons. The summed E-state index contributed by atoms with van der Waals surface area (Å²) < 4.78 is 1.19. The van der Waals surface area contributed by atoms with Gasteiger partial charge in [-0.15, -0.1) is 0 Å². The van der Waals surface area contributed by atoms with Crippen LogP contribution in [0.5, 0.6) is 0 Å². The number of hydrogen-bond donors (Lipinski definition) is 0. The number of likely N-dealkylation sites (N-methyl/N-ethyl adjacent to an activating group) is 1. The second kappa shape index (κ2) is 5.30. The molecular weight excluding hydrogens is 264 g/mol. The maximum absolute atomic E-state index is 3.56. The van der Waals surface area contributed by atoms with E-state index in [-0.39, 0.29) is 0 Å². The van der Waals surface area contributed by atoms with Crippen molar-refractivity contribution in [2.24, 2.45) is 0 Å². The van der Waals surface area contributed by atoms with Gasteiger partial charge in [0.1, 0.15) is 0 Å². The number of halogens is 1. The zero-order valence-corrected chi connectivity index (χ0v) is 11.6. The van der Waals surface area contributed by atoms with E-state index in [1.165, 1.54) is 41.8 Å². The fraction of sp³-hybridized carbons (Fsp3) is 0.538. The molecule has 0 aromatic heterocycles. The van der Waals surface area contributed by atoms with Crippen LogP contribution >= 0.6 is 15.9 Å². The maximum Gasteiger partial charge on any atom is 0.0235 e. The van der Waals surface area contributed by atoms with Crippen LogP contribution in [0, 0.1) is 6.92 Å². The topological polar surface area (TPSA) is 6.48 Å². The van der Waals surface area contributed by atoms with Gasteiger partial charge in [-0.2, -0.15) is 0 Å². The molecule has 1 aromatic rings. The number of rotatable bonds is 2. The van der Waals surface area contributed by atoms with E-state index in [4.69, 9.17) is 0 Å². The highest BCUT2D eigenvalue weighted by atomic mass is 79.9. The van der Waals surface area contributed by atoms with Crippen LogP contribution in [0.1, 0.15) is 11.1 Å². The Kier molecular flexibility index (Phi) is 4.00. The highest BCUT2D eigenvalue weighted by Crippen LogP contribution is 2.17. The van der Waals surface area contributed by atoms with Gasteiger partial charge in [-0.1, -0.05) is 22.0 Å². The molecule has 0 saturated carbocycles. The Morgan fingerprint density at radius 3 is 2.44 bits per heavy atom. The molecule has 0 aliphatic carbocycles. The van der Waals surface area contributed by atoms with Crippen molar-refractivity contribution in [1.82, 2.24) is 9.80 Å². The summed E-state index contributed by atoms with van der Waals surface area (Å²) in [4.78, 5) is 4.92. The van der Waals surface area contributed by atoms with E-state index in [1.807, 2.05) is 0 Å². The van der Waals surface area contributed by atoms with Crippen LogP contribution in [0.25, 0.3) is 0 Å². The minimum atomic E-state index is 1.08. The smallest absolute Gasteiger partial charge is 0.0235 e. The number of nitrogens with zero attached hydrogens (tertiary/aromatic N) is 2. The molecule has 2 nitrogen and oxygen atoms in total. The second-order valence-corrected chi connectivity index (χ2v) is 5.63. The SMILES string of the molecule is Cc1cc(Br)cc(CN2CCN(C)CC2)c1. The molecule has 0 atom stereocenters. The van der Waals surface area contributed by atoms with Crippen molar-refractivity contribution in [2.75, 3.05) is 33.2 Å². The molecular formula is C13H19BrN2. The first-order chi connectivity index (χ1) is 7.63. The Balaban J connectivity index is 1.98. The molecule has 0 spiro atoms. The van der Waals surface area contributed by atoms with Crippen LogP contribution < -0.4 is 0 Å². The van der Waals surface area contributed by atoms with Gasteiger partial charge in [0.2, 0.25) is 0 Å². The first-order valence-corrected chi connectivity index (χ1v) is 6.60. The zero-order chi connectivity index (χ0) is 11.5. The van der Waals surface area contributed by atoms with Crippen molar-refractivity contribution in [3.63, 3.8) is 0 Å². The van der Waals surface area contributed by atoms with Crippen LogP contribution in [-0.4, -0.2) is 43.0 Å². The van der Waals surface area contributed by atoms with Crippen LogP contribution in [0.4, 0.5) is 0 Å². The summed E-state index contributed by atoms with van der Waals surface area (Å²) in [6.45, 7) is 7.97. The summed E-state index contributed by atoms with van der Waals surface area (Å²) in [5, 5.41) is 0. The third-order valence-corrected chi connectivity index (χ3v) is 3.56. The molecule has 1 saturated heterocycles. The van der Waals surface area contributed by atoms with Crippen LogP contribution in [0.3, 0.4) is 0 Å². The zero-order valence-electron chi connectivity index (χ0n) is 10.0. The molecule has 1 aliphatic rings. The monoisotopic (exact) mass is 282 g/mol. The van der Waals surface area contributed by atoms with Crippen molar-refractivity contribution in [2.45, 2.75) is 13.5 Å². The fourth-order valence-corrected chi connectivity index (χ4v) is 2.82. The summed E-state index contributed by atoms with van der Waals surface area (Å²) in [5.41, 5.74) is 2.75. The summed E-state index contributed by atoms with van der Waals surface area (Å²) in [5.74, 6) is 0. The van der Waals surface area contributed by atoms with Gasteiger partial charge in [-0.05, 0) is 37.2 Å². The van der Waals surface area contributed by atoms with Crippen LogP contribution in [-0.2, 0) is 6.54 Å². The van der Waals surface area contributed by atoms with Crippen molar-refractivity contribution < 1.29 is 0 Å². The van der Waals surface area contributed by atoms with Crippen molar-refractivity contribution in [1.29, 1.82) is 0 Å². The molecule has 1 heterocycles. The molecule has 0 bridgehead atoms. The van der Waals surface area contributed by atoms with Gasteiger partial charge in [0.05, 0.1) is 0 Å². The minimum Gasteiger partial charge on any atom is -0.304 e. The quantitative estimate of drug-likeness (QED) is 0.823. The van der Waals surface area contributed by atoms with Gasteiger partial charge in [0.25, 0.3) is 0 Å². The molecule has 0 N–H and O–H groups in total. The van der Waals surface area contributed by atoms with E-state index in [0.29, 0.717) is 0 Å². The van der Waals surface area contributed by atoms with Gasteiger partial charge < -0.3 is 4.90 Å². The lowest BCUT2D eigenvalue weighted by Gasteiger charge is -2.32. The Morgan fingerprint density at radius 1 is 1.12 bits per heavy atom. The highest BCUT2D eigenvalue weighted by Gasteiger charge is 2.13. The van der Waals surface area contributed by atoms with Crippen molar-refractivity contribution in [3.05, 3.63) is 33.8 Å². The first kappa shape index (κ1) is 12.1. The molecule has 0 unspecified atom stereocenters. The summed E-state index contributed by atoms with van der Waals surface area (Å²) in [6, 6.07) is 6.67. The normalized spacial score (nSPS) is 18.9. The Labute approximate surface area is 106 Å². The Bertz CT molecular complexity index is 337. The largest absolute Gasteiger partial charge is 0.304 e. The highest BCUT2D eigenvalue weighted by molar-refractivity contribution is 9.10. The van der Waals surface area contributed by atoms with E-state index in [1.54, 1.807) is 0 Å². The van der Waals surface area contributed by atoms with E-state index < -0.39 is 0 Å². The van der Waals surface area contributed by atoms with E-state index >= 15 is 0 Å². The number of hydrogen-bond acceptors (Lipinski definition) is 2. The lowest BCUT2D eigenvalue weighted by Crippen LogP contribution is -2.43. The van der Waals surface area contributed by atoms with Gasteiger partial charge in [0.15, 0.2) is 0 Å². The van der Waals surface area contributed by atoms with Crippen LogP contribution in [0.15, 0.2) is 22.7 Å². The standard InChI is InChI=1S/C13H19BrN2/c1-11-7-12(9-13(14)8-11)10-16-5-3-15(2)4-6-16/h7-9H,3-6,10H2,1-2H3. The third-order valence-electron chi connectivity index (χ3n) is 3.10. The Morgan fingerprint density at radius 2 is 1.81 bits per heavy atom. The predicted molar refractivity (Wildman–Crippen MR) is 71.7 cm³/mol. The number of aryl methyl sites for hydroxylation is 1. The average molecular weight is 283 g/mol. The molecule has 0 amide bonds. The minimum absolute atomic E-state index is 1.08. The van der Waals surface area contributed by atoms with E-state index in [2.05, 4.69) is 57.9 Å². The molecule has 16 heavy (non-hydrogen) atoms. The predicted octanol–water partition coefficient (Wildman–Crippen LogP) is 2.50. The van der Waals surface area contributed by atoms with Gasteiger partial charge in [-0.25, -0.2) is 0 Å². The molecule has 0 radical (unpaired) electrons. The lowest BCUT2D eigenvalue weighted by molar-refractivity contribution is 0.148. The van der Waals surface area contributed by atoms with Crippen LogP contribution in [0.2, 0.25) is 0 Å². The summed E-state index contributed by atoms with van der Waals surface area (Å²) in [7, 11) is 2.20. The lowest BCUT2D eigenvalue weighted by atomic mass is 10.1. The van der Waals surface area contributed by atoms with E-state index in [9.17, 15) is 0 Å². The van der Waals surface area contributed by atoms with Gasteiger partial charge in [-0.3, -0.25) is 4.90 Å². The van der Waals surface area contributed by atoms with Crippen molar-refractivity contribution in [3.8, 4) is 0 Å². The van der Waals surface area contributed by atoms with Gasteiger partial charge >= 0.3 is 0 Å². The molecule has 1 aliphatic heterocycles. The first-order valence-electron chi connectivity index (χ1n) is 5.80. The van der Waals surface area contributed by atoms with Gasteiger partial charge in [0, 0.05) is 37.2 Å². The molecule has 1 fully saturated rings. The molecule has 2 rings (SSSR count). The average Bonchev–Trinajstić information content (AvgIpc) is 2.20. The Hall–Kier alpha value is -0.380. The fourth-order valence-electron chi connectivity index (χ4n) is 2.17. The summed E-state index contributed by atoms with van der Waals surface area (Å²) in [6.07, 6.45) is 0. The third kappa shape index (κ3) is 3.30. The van der Waals surface area contributed by atoms with Crippen molar-refractivity contribution >= 4 is 15.9 Å². The summed E-state index contributed by atoms with van der Waals surface area (Å²) >= 11 is 3.56. The van der Waals surface area contributed by atoms with E-state index in [0.717, 1.165) is 6.54 Å². The maximum atomic E-state index is 3.56. The second-order valence-electron chi connectivity index (χ2n) is 4.72. The number of benzene rings is 1. The number of piperazine rings is 1. The molecule has 1 aromatic carbocycles.